The van der Waals surface area contributed by atoms with E-state index in [-0.39, 0.29) is 11.9 Å². The predicted octanol–water partition coefficient (Wildman–Crippen LogP) is 4.05. The molecule has 1 aromatic heterocycles. The molecule has 0 bridgehead atoms. The van der Waals surface area contributed by atoms with Crippen LogP contribution in [0.2, 0.25) is 0 Å². The Hall–Kier alpha value is -1.95. The zero-order valence-electron chi connectivity index (χ0n) is 15.0. The van der Waals surface area contributed by atoms with E-state index in [1.165, 1.54) is 5.56 Å². The van der Waals surface area contributed by atoms with Crippen LogP contribution in [0.25, 0.3) is 0 Å². The van der Waals surface area contributed by atoms with Crippen LogP contribution in [0.4, 0.5) is 0 Å². The number of carbonyl (C=O) groups excluding carboxylic acids is 1. The Morgan fingerprint density at radius 2 is 1.76 bits per heavy atom. The van der Waals surface area contributed by atoms with Crippen LogP contribution in [0.5, 0.6) is 11.5 Å². The number of halogens is 1. The molecule has 0 radical (unpaired) electrons. The largest absolute Gasteiger partial charge is 0.493 e. The number of hydrogen-bond donors (Lipinski definition) is 0. The van der Waals surface area contributed by atoms with E-state index in [2.05, 4.69) is 29.8 Å². The van der Waals surface area contributed by atoms with Crippen molar-refractivity contribution in [1.29, 1.82) is 0 Å². The van der Waals surface area contributed by atoms with Gasteiger partial charge < -0.3 is 18.9 Å². The maximum atomic E-state index is 13.1. The third kappa shape index (κ3) is 3.40. The fourth-order valence-corrected chi connectivity index (χ4v) is 3.70. The predicted molar refractivity (Wildman–Crippen MR) is 101 cm³/mol. The first-order chi connectivity index (χ1) is 11.9. The van der Waals surface area contributed by atoms with E-state index in [0.29, 0.717) is 24.5 Å². The van der Waals surface area contributed by atoms with Crippen LogP contribution in [0, 0.1) is 0 Å². The molecule has 5 nitrogen and oxygen atoms in total. The summed E-state index contributed by atoms with van der Waals surface area (Å²) in [5, 5.41) is 0. The smallest absolute Gasteiger partial charge is 0.270 e. The third-order valence-electron chi connectivity index (χ3n) is 4.60. The van der Waals surface area contributed by atoms with Gasteiger partial charge in [0.15, 0.2) is 11.5 Å². The lowest BCUT2D eigenvalue weighted by molar-refractivity contribution is 0.0721. The molecule has 3 rings (SSSR count). The molecule has 0 saturated carbocycles. The Morgan fingerprint density at radius 3 is 2.36 bits per heavy atom. The van der Waals surface area contributed by atoms with Gasteiger partial charge in [0.05, 0.1) is 14.2 Å². The zero-order chi connectivity index (χ0) is 18.1. The number of aromatic nitrogens is 1. The van der Waals surface area contributed by atoms with Gasteiger partial charge in [0.2, 0.25) is 0 Å². The monoisotopic (exact) mass is 406 g/mol. The molecular weight excluding hydrogens is 384 g/mol. The topological polar surface area (TPSA) is 43.7 Å². The van der Waals surface area contributed by atoms with Gasteiger partial charge in [-0.2, -0.15) is 0 Å². The van der Waals surface area contributed by atoms with E-state index in [1.54, 1.807) is 14.2 Å². The van der Waals surface area contributed by atoms with Crippen molar-refractivity contribution < 1.29 is 14.3 Å². The molecule has 1 amide bonds. The van der Waals surface area contributed by atoms with E-state index in [4.69, 9.17) is 9.47 Å². The van der Waals surface area contributed by atoms with Gasteiger partial charge >= 0.3 is 0 Å². The summed E-state index contributed by atoms with van der Waals surface area (Å²) in [6.07, 6.45) is 2.77. The second-order valence-corrected chi connectivity index (χ2v) is 7.41. The number of methoxy groups -OCH3 is 2. The average Bonchev–Trinajstić information content (AvgIpc) is 3.01. The van der Waals surface area contributed by atoms with Gasteiger partial charge in [0.1, 0.15) is 5.69 Å². The molecule has 0 spiro atoms. The van der Waals surface area contributed by atoms with Gasteiger partial charge in [-0.05, 0) is 65.5 Å². The number of benzene rings is 1. The second kappa shape index (κ2) is 7.12. The SMILES string of the molecule is COc1cc2c(cc1OC)CN(C(=O)c1cc(Br)cn1C(C)C)CC2. The Bertz CT molecular complexity index is 798. The molecule has 0 N–H and O–H groups in total. The van der Waals surface area contributed by atoms with E-state index in [1.807, 2.05) is 33.9 Å². The van der Waals surface area contributed by atoms with Crippen LogP contribution in [0.15, 0.2) is 28.9 Å². The van der Waals surface area contributed by atoms with Crippen molar-refractivity contribution in [3.8, 4) is 11.5 Å². The first kappa shape index (κ1) is 17.9. The fraction of sp³-hybridized carbons (Fsp3) is 0.421. The lowest BCUT2D eigenvalue weighted by Crippen LogP contribution is -2.37. The van der Waals surface area contributed by atoms with Gasteiger partial charge in [-0.3, -0.25) is 4.79 Å². The number of rotatable bonds is 4. The maximum Gasteiger partial charge on any atom is 0.270 e. The molecular formula is C19H23BrN2O3. The number of hydrogen-bond acceptors (Lipinski definition) is 3. The zero-order valence-corrected chi connectivity index (χ0v) is 16.6. The van der Waals surface area contributed by atoms with E-state index in [9.17, 15) is 4.79 Å². The van der Waals surface area contributed by atoms with Gasteiger partial charge in [-0.1, -0.05) is 0 Å². The van der Waals surface area contributed by atoms with Crippen LogP contribution < -0.4 is 9.47 Å². The highest BCUT2D eigenvalue weighted by molar-refractivity contribution is 9.10. The van der Waals surface area contributed by atoms with Gasteiger partial charge in [-0.15, -0.1) is 0 Å². The van der Waals surface area contributed by atoms with Crippen molar-refractivity contribution in [2.24, 2.45) is 0 Å². The summed E-state index contributed by atoms with van der Waals surface area (Å²) >= 11 is 3.48. The molecule has 0 unspecified atom stereocenters. The minimum absolute atomic E-state index is 0.0554. The molecule has 6 heteroatoms. The standard InChI is InChI=1S/C19H23BrN2O3/c1-12(2)22-11-15(20)9-16(22)19(23)21-6-5-13-7-17(24-3)18(25-4)8-14(13)10-21/h7-9,11-12H,5-6,10H2,1-4H3. The van der Waals surface area contributed by atoms with Crippen molar-refractivity contribution in [3.63, 3.8) is 0 Å². The lowest BCUT2D eigenvalue weighted by atomic mass is 9.98. The van der Waals surface area contributed by atoms with Crippen LogP contribution in [-0.4, -0.2) is 36.1 Å². The summed E-state index contributed by atoms with van der Waals surface area (Å²) in [4.78, 5) is 15.0. The molecule has 2 aromatic rings. The summed E-state index contributed by atoms with van der Waals surface area (Å²) in [5.41, 5.74) is 3.03. The van der Waals surface area contributed by atoms with Crippen molar-refractivity contribution in [2.75, 3.05) is 20.8 Å². The molecule has 0 fully saturated rings. The number of carbonyl (C=O) groups is 1. The molecule has 1 aromatic carbocycles. The summed E-state index contributed by atoms with van der Waals surface area (Å²) in [5.74, 6) is 1.49. The fourth-order valence-electron chi connectivity index (χ4n) is 3.26. The summed E-state index contributed by atoms with van der Waals surface area (Å²) in [6, 6.07) is 6.12. The highest BCUT2D eigenvalue weighted by Crippen LogP contribution is 2.33. The Labute approximate surface area is 156 Å². The van der Waals surface area contributed by atoms with Crippen LogP contribution >= 0.6 is 15.9 Å². The maximum absolute atomic E-state index is 13.1. The lowest BCUT2D eigenvalue weighted by Gasteiger charge is -2.30. The molecule has 25 heavy (non-hydrogen) atoms. The summed E-state index contributed by atoms with van der Waals surface area (Å²) in [7, 11) is 3.27. The Kier molecular flexibility index (Phi) is 5.08. The molecule has 2 heterocycles. The molecule has 134 valence electrons. The Morgan fingerprint density at radius 1 is 1.12 bits per heavy atom. The minimum Gasteiger partial charge on any atom is -0.493 e. The summed E-state index contributed by atoms with van der Waals surface area (Å²) in [6.45, 7) is 5.43. The Balaban J connectivity index is 1.89. The number of nitrogens with zero attached hydrogens (tertiary/aromatic N) is 2. The first-order valence-electron chi connectivity index (χ1n) is 8.35. The molecule has 1 aliphatic heterocycles. The molecule has 0 saturated heterocycles. The van der Waals surface area contributed by atoms with Gasteiger partial charge in [-0.25, -0.2) is 0 Å². The average molecular weight is 407 g/mol. The van der Waals surface area contributed by atoms with Crippen molar-refractivity contribution in [3.05, 3.63) is 45.7 Å². The normalized spacial score (nSPS) is 13.8. The van der Waals surface area contributed by atoms with Gasteiger partial charge in [0.25, 0.3) is 5.91 Å². The van der Waals surface area contributed by atoms with Crippen molar-refractivity contribution in [1.82, 2.24) is 9.47 Å². The van der Waals surface area contributed by atoms with E-state index >= 15 is 0 Å². The number of ether oxygens (including phenoxy) is 2. The van der Waals surface area contributed by atoms with Crippen LogP contribution in [0.1, 0.15) is 41.5 Å². The quantitative estimate of drug-likeness (QED) is 0.768. The molecule has 0 aliphatic carbocycles. The van der Waals surface area contributed by atoms with E-state index < -0.39 is 0 Å². The third-order valence-corrected chi connectivity index (χ3v) is 5.03. The highest BCUT2D eigenvalue weighted by Gasteiger charge is 2.26. The molecule has 0 atom stereocenters. The van der Waals surface area contributed by atoms with Crippen molar-refractivity contribution >= 4 is 21.8 Å². The summed E-state index contributed by atoms with van der Waals surface area (Å²) < 4.78 is 13.7. The second-order valence-electron chi connectivity index (χ2n) is 6.50. The number of fused-ring (bicyclic) bond motifs is 1. The van der Waals surface area contributed by atoms with Crippen LogP contribution in [0.3, 0.4) is 0 Å². The molecule has 1 aliphatic rings. The van der Waals surface area contributed by atoms with Crippen molar-refractivity contribution in [2.45, 2.75) is 32.9 Å². The van der Waals surface area contributed by atoms with E-state index in [0.717, 1.165) is 22.2 Å². The first-order valence-corrected chi connectivity index (χ1v) is 9.14. The highest BCUT2D eigenvalue weighted by atomic mass is 79.9. The number of amides is 1. The van der Waals surface area contributed by atoms with Crippen LogP contribution in [-0.2, 0) is 13.0 Å². The van der Waals surface area contributed by atoms with Gasteiger partial charge in [0, 0.05) is 29.8 Å². The minimum atomic E-state index is 0.0554.